The van der Waals surface area contributed by atoms with Crippen molar-refractivity contribution in [3.63, 3.8) is 0 Å². The first-order valence-corrected chi connectivity index (χ1v) is 6.63. The first-order valence-electron chi connectivity index (χ1n) is 6.63. The van der Waals surface area contributed by atoms with Gasteiger partial charge in [-0.2, -0.15) is 0 Å². The average molecular weight is 310 g/mol. The minimum atomic E-state index is -0.603. The Morgan fingerprint density at radius 2 is 1.91 bits per heavy atom. The van der Waals surface area contributed by atoms with Gasteiger partial charge in [-0.3, -0.25) is 10.1 Å². The molecule has 1 heterocycles. The predicted molar refractivity (Wildman–Crippen MR) is 77.2 cm³/mol. The van der Waals surface area contributed by atoms with E-state index in [2.05, 4.69) is 5.32 Å². The zero-order valence-electron chi connectivity index (χ0n) is 12.8. The molecule has 1 fully saturated rings. The fourth-order valence-corrected chi connectivity index (χ4v) is 2.46. The Labute approximate surface area is 127 Å². The van der Waals surface area contributed by atoms with Crippen LogP contribution in [0.4, 0.5) is 10.5 Å². The first-order chi connectivity index (χ1) is 10.3. The van der Waals surface area contributed by atoms with E-state index in [-0.39, 0.29) is 18.0 Å². The van der Waals surface area contributed by atoms with Crippen LogP contribution in [0.1, 0.15) is 25.5 Å². The third-order valence-electron chi connectivity index (χ3n) is 3.66. The van der Waals surface area contributed by atoms with Crippen LogP contribution in [0.25, 0.3) is 0 Å². The van der Waals surface area contributed by atoms with Crippen molar-refractivity contribution in [1.82, 2.24) is 5.32 Å². The van der Waals surface area contributed by atoms with Gasteiger partial charge in [-0.1, -0.05) is 13.8 Å². The highest BCUT2D eigenvalue weighted by Crippen LogP contribution is 2.44. The summed E-state index contributed by atoms with van der Waals surface area (Å²) in [6.45, 7) is 3.88. The SMILES string of the molecule is COc1cc([C@H]2NC(=O)OCC2(C)C)c([N+](=O)[O-])cc1OC. The standard InChI is InChI=1S/C14H18N2O6/c1-14(2)7-22-13(17)15-12(14)8-5-10(20-3)11(21-4)6-9(8)16(18)19/h5-6,12H,7H2,1-4H3,(H,15,17)/t12-/m1/s1. The molecule has 0 aliphatic carbocycles. The third kappa shape index (κ3) is 2.76. The Morgan fingerprint density at radius 1 is 1.32 bits per heavy atom. The highest BCUT2D eigenvalue weighted by molar-refractivity contribution is 5.70. The minimum Gasteiger partial charge on any atom is -0.493 e. The van der Waals surface area contributed by atoms with Crippen molar-refractivity contribution in [2.24, 2.45) is 5.41 Å². The lowest BCUT2D eigenvalue weighted by Crippen LogP contribution is -2.47. The van der Waals surface area contributed by atoms with E-state index in [9.17, 15) is 14.9 Å². The molecule has 2 rings (SSSR count). The Balaban J connectivity index is 2.61. The summed E-state index contributed by atoms with van der Waals surface area (Å²) in [6.07, 6.45) is -0.603. The lowest BCUT2D eigenvalue weighted by atomic mass is 9.79. The molecule has 1 aromatic rings. The second-order valence-corrected chi connectivity index (χ2v) is 5.67. The molecule has 0 aromatic heterocycles. The zero-order valence-corrected chi connectivity index (χ0v) is 12.8. The van der Waals surface area contributed by atoms with Crippen LogP contribution >= 0.6 is 0 Å². The van der Waals surface area contributed by atoms with Crippen molar-refractivity contribution in [1.29, 1.82) is 0 Å². The number of rotatable bonds is 4. The molecule has 1 atom stereocenters. The molecule has 1 aliphatic rings. The topological polar surface area (TPSA) is 99.9 Å². The van der Waals surface area contributed by atoms with E-state index in [1.54, 1.807) is 0 Å². The summed E-state index contributed by atoms with van der Waals surface area (Å²) in [6, 6.07) is 2.25. The van der Waals surface area contributed by atoms with Crippen LogP contribution in [0, 0.1) is 15.5 Å². The maximum atomic E-state index is 11.5. The predicted octanol–water partition coefficient (Wildman–Crippen LogP) is 2.42. The summed E-state index contributed by atoms with van der Waals surface area (Å²) < 4.78 is 15.3. The van der Waals surface area contributed by atoms with Gasteiger partial charge >= 0.3 is 6.09 Å². The van der Waals surface area contributed by atoms with Crippen LogP contribution in [0.5, 0.6) is 11.5 Å². The van der Waals surface area contributed by atoms with Gasteiger partial charge in [0.25, 0.3) is 5.69 Å². The summed E-state index contributed by atoms with van der Waals surface area (Å²) in [5, 5.41) is 14.0. The molecular weight excluding hydrogens is 292 g/mol. The Bertz CT molecular complexity index is 614. The van der Waals surface area contributed by atoms with Crippen molar-refractivity contribution < 1.29 is 23.9 Å². The van der Waals surface area contributed by atoms with Gasteiger partial charge in [0.2, 0.25) is 0 Å². The largest absolute Gasteiger partial charge is 0.493 e. The molecule has 0 radical (unpaired) electrons. The normalized spacial score (nSPS) is 19.8. The van der Waals surface area contributed by atoms with Gasteiger partial charge in [0.05, 0.1) is 36.8 Å². The quantitative estimate of drug-likeness (QED) is 0.677. The van der Waals surface area contributed by atoms with Crippen molar-refractivity contribution in [3.05, 3.63) is 27.8 Å². The maximum Gasteiger partial charge on any atom is 0.407 e. The Morgan fingerprint density at radius 3 is 2.45 bits per heavy atom. The fraction of sp³-hybridized carbons (Fsp3) is 0.500. The van der Waals surface area contributed by atoms with Gasteiger partial charge in [-0.25, -0.2) is 4.79 Å². The molecule has 120 valence electrons. The summed E-state index contributed by atoms with van der Waals surface area (Å²) in [4.78, 5) is 22.4. The highest BCUT2D eigenvalue weighted by Gasteiger charge is 2.41. The number of nitro groups is 1. The molecule has 1 amide bonds. The van der Waals surface area contributed by atoms with Gasteiger partial charge in [-0.05, 0) is 6.07 Å². The summed E-state index contributed by atoms with van der Waals surface area (Å²) in [7, 11) is 2.85. The molecule has 1 N–H and O–H groups in total. The molecule has 1 aromatic carbocycles. The number of benzene rings is 1. The van der Waals surface area contributed by atoms with Crippen LogP contribution in [0.2, 0.25) is 0 Å². The van der Waals surface area contributed by atoms with Crippen LogP contribution in [-0.4, -0.2) is 31.8 Å². The fourth-order valence-electron chi connectivity index (χ4n) is 2.46. The molecule has 0 saturated carbocycles. The number of hydrogen-bond donors (Lipinski definition) is 1. The molecule has 1 saturated heterocycles. The van der Waals surface area contributed by atoms with Crippen LogP contribution < -0.4 is 14.8 Å². The average Bonchev–Trinajstić information content (AvgIpc) is 2.48. The van der Waals surface area contributed by atoms with Gasteiger partial charge in [0.15, 0.2) is 11.5 Å². The first kappa shape index (κ1) is 15.9. The van der Waals surface area contributed by atoms with Crippen molar-refractivity contribution >= 4 is 11.8 Å². The highest BCUT2D eigenvalue weighted by atomic mass is 16.6. The van der Waals surface area contributed by atoms with Crippen molar-refractivity contribution in [2.75, 3.05) is 20.8 Å². The molecule has 22 heavy (non-hydrogen) atoms. The summed E-state index contributed by atoms with van der Waals surface area (Å²) in [5.74, 6) is 0.619. The third-order valence-corrected chi connectivity index (χ3v) is 3.66. The van der Waals surface area contributed by atoms with E-state index < -0.39 is 22.5 Å². The molecule has 1 aliphatic heterocycles. The van der Waals surface area contributed by atoms with E-state index in [1.807, 2.05) is 13.8 Å². The monoisotopic (exact) mass is 310 g/mol. The second-order valence-electron chi connectivity index (χ2n) is 5.67. The van der Waals surface area contributed by atoms with E-state index >= 15 is 0 Å². The lowest BCUT2D eigenvalue weighted by Gasteiger charge is -2.38. The second kappa shape index (κ2) is 5.70. The number of nitrogens with zero attached hydrogens (tertiary/aromatic N) is 1. The van der Waals surface area contributed by atoms with Crippen LogP contribution in [0.15, 0.2) is 12.1 Å². The number of carbonyl (C=O) groups excluding carboxylic acids is 1. The number of nitro benzene ring substituents is 1. The smallest absolute Gasteiger partial charge is 0.407 e. The Hall–Kier alpha value is -2.51. The summed E-state index contributed by atoms with van der Waals surface area (Å²) >= 11 is 0. The van der Waals surface area contributed by atoms with Crippen LogP contribution in [0.3, 0.4) is 0 Å². The van der Waals surface area contributed by atoms with E-state index in [0.717, 1.165) is 0 Å². The van der Waals surface area contributed by atoms with Gasteiger partial charge in [0.1, 0.15) is 6.61 Å². The number of nitrogens with one attached hydrogen (secondary N) is 1. The van der Waals surface area contributed by atoms with Gasteiger partial charge in [0, 0.05) is 5.41 Å². The number of alkyl carbamates (subject to hydrolysis) is 1. The number of ether oxygens (including phenoxy) is 3. The minimum absolute atomic E-state index is 0.141. The van der Waals surface area contributed by atoms with Crippen molar-refractivity contribution in [3.8, 4) is 11.5 Å². The van der Waals surface area contributed by atoms with E-state index in [0.29, 0.717) is 11.3 Å². The van der Waals surface area contributed by atoms with Gasteiger partial charge < -0.3 is 19.5 Å². The molecular formula is C14H18N2O6. The van der Waals surface area contributed by atoms with E-state index in [4.69, 9.17) is 14.2 Å². The number of carbonyl (C=O) groups is 1. The maximum absolute atomic E-state index is 11.5. The molecule has 0 unspecified atom stereocenters. The molecule has 0 spiro atoms. The lowest BCUT2D eigenvalue weighted by molar-refractivity contribution is -0.386. The molecule has 8 nitrogen and oxygen atoms in total. The van der Waals surface area contributed by atoms with E-state index in [1.165, 1.54) is 26.4 Å². The zero-order chi connectivity index (χ0) is 16.5. The number of amides is 1. The molecule has 8 heteroatoms. The number of hydrogen-bond acceptors (Lipinski definition) is 6. The summed E-state index contributed by atoms with van der Waals surface area (Å²) in [5.41, 5.74) is -0.305. The van der Waals surface area contributed by atoms with Crippen molar-refractivity contribution in [2.45, 2.75) is 19.9 Å². The molecule has 0 bridgehead atoms. The van der Waals surface area contributed by atoms with Gasteiger partial charge in [-0.15, -0.1) is 0 Å². The Kier molecular flexibility index (Phi) is 4.11. The number of cyclic esters (lactones) is 1. The van der Waals surface area contributed by atoms with Crippen LogP contribution in [-0.2, 0) is 4.74 Å². The number of methoxy groups -OCH3 is 2.